The van der Waals surface area contributed by atoms with E-state index in [4.69, 9.17) is 15.2 Å². The molecule has 0 aliphatic carbocycles. The number of rotatable bonds is 9. The molecule has 50 heavy (non-hydrogen) atoms. The SMILES string of the molecule is CCOC(=O)[C@@H]1CC2(CCN(c3cc(O[C@H](c4ccc(-c5ccc(C(=O)NC)cc5)cc4-n4ccc(C)n4)C(F)(F)F)nc(N)n3)CC2)CN1. The highest BCUT2D eigenvalue weighted by molar-refractivity contribution is 5.94. The zero-order valence-electron chi connectivity index (χ0n) is 28.0. The van der Waals surface area contributed by atoms with Crippen molar-refractivity contribution >= 4 is 23.6 Å². The molecule has 4 aromatic rings. The van der Waals surface area contributed by atoms with Crippen molar-refractivity contribution in [3.05, 3.63) is 77.6 Å². The number of carbonyl (C=O) groups is 2. The highest BCUT2D eigenvalue weighted by Crippen LogP contribution is 2.43. The molecule has 0 bridgehead atoms. The van der Waals surface area contributed by atoms with Crippen molar-refractivity contribution in [1.82, 2.24) is 30.4 Å². The maximum absolute atomic E-state index is 14.9. The van der Waals surface area contributed by atoms with E-state index < -0.39 is 12.3 Å². The number of piperidine rings is 1. The third-order valence-corrected chi connectivity index (χ3v) is 9.31. The minimum absolute atomic E-state index is 0.0905. The van der Waals surface area contributed by atoms with Crippen molar-refractivity contribution < 1.29 is 32.2 Å². The second-order valence-electron chi connectivity index (χ2n) is 12.7. The highest BCUT2D eigenvalue weighted by Gasteiger charge is 2.46. The van der Waals surface area contributed by atoms with Gasteiger partial charge in [-0.1, -0.05) is 24.3 Å². The molecule has 2 fully saturated rings. The molecule has 2 aromatic carbocycles. The zero-order chi connectivity index (χ0) is 35.6. The average molecular weight is 693 g/mol. The van der Waals surface area contributed by atoms with Gasteiger partial charge in [-0.2, -0.15) is 28.2 Å². The van der Waals surface area contributed by atoms with Crippen molar-refractivity contribution in [3.63, 3.8) is 0 Å². The summed E-state index contributed by atoms with van der Waals surface area (Å²) in [5.41, 5.74) is 8.27. The second kappa shape index (κ2) is 14.0. The van der Waals surface area contributed by atoms with Gasteiger partial charge in [0.1, 0.15) is 11.9 Å². The number of nitrogens with one attached hydrogen (secondary N) is 2. The van der Waals surface area contributed by atoms with Crippen LogP contribution in [-0.4, -0.2) is 77.1 Å². The summed E-state index contributed by atoms with van der Waals surface area (Å²) in [4.78, 5) is 34.6. The van der Waals surface area contributed by atoms with Gasteiger partial charge >= 0.3 is 12.1 Å². The molecular formula is C35H39F3N8O4. The van der Waals surface area contributed by atoms with Gasteiger partial charge in [0.05, 0.1) is 18.0 Å². The number of benzene rings is 2. The van der Waals surface area contributed by atoms with Gasteiger partial charge in [0.15, 0.2) is 0 Å². The summed E-state index contributed by atoms with van der Waals surface area (Å²) in [6.45, 7) is 5.63. The van der Waals surface area contributed by atoms with E-state index in [2.05, 4.69) is 25.7 Å². The van der Waals surface area contributed by atoms with Crippen molar-refractivity contribution in [2.24, 2.45) is 5.41 Å². The maximum atomic E-state index is 14.9. The second-order valence-corrected chi connectivity index (χ2v) is 12.7. The molecule has 264 valence electrons. The summed E-state index contributed by atoms with van der Waals surface area (Å²) >= 11 is 0. The van der Waals surface area contributed by atoms with Crippen LogP contribution in [0.4, 0.5) is 24.9 Å². The third-order valence-electron chi connectivity index (χ3n) is 9.31. The van der Waals surface area contributed by atoms with Crippen LogP contribution >= 0.6 is 0 Å². The Labute approximate surface area is 287 Å². The number of amides is 1. The van der Waals surface area contributed by atoms with Gasteiger partial charge in [-0.25, -0.2) is 4.68 Å². The van der Waals surface area contributed by atoms with E-state index in [1.165, 1.54) is 23.9 Å². The van der Waals surface area contributed by atoms with Crippen LogP contribution in [0.2, 0.25) is 0 Å². The Hall–Kier alpha value is -5.18. The number of esters is 1. The lowest BCUT2D eigenvalue weighted by atomic mass is 9.76. The molecule has 2 saturated heterocycles. The molecule has 1 spiro atoms. The molecular weight excluding hydrogens is 653 g/mol. The largest absolute Gasteiger partial charge is 0.465 e. The van der Waals surface area contributed by atoms with Crippen LogP contribution < -0.4 is 26.0 Å². The van der Waals surface area contributed by atoms with E-state index in [-0.39, 0.29) is 46.4 Å². The highest BCUT2D eigenvalue weighted by atomic mass is 19.4. The summed E-state index contributed by atoms with van der Waals surface area (Å²) in [6, 6.07) is 14.0. The number of anilines is 2. The monoisotopic (exact) mass is 692 g/mol. The van der Waals surface area contributed by atoms with Gasteiger partial charge in [-0.15, -0.1) is 0 Å². The lowest BCUT2D eigenvalue weighted by Gasteiger charge is -2.39. The van der Waals surface area contributed by atoms with E-state index >= 15 is 0 Å². The van der Waals surface area contributed by atoms with E-state index in [1.807, 2.05) is 4.90 Å². The standard InChI is InChI=1S/C35H39F3N8O4/c1-4-49-32(48)26-19-34(20-41-26)12-15-45(16-13-34)28-18-29(43-33(39)42-28)50-30(35(36,37)38)25-10-9-24(17-27(25)46-14-11-21(2)44-46)22-5-7-23(8-6-22)31(47)40-3/h5-11,14,17-18,26,30,41H,4,12-13,15-16,19-20H2,1-3H3,(H,40,47)(H2,39,42,43)/t26-,30+/m0/s1. The van der Waals surface area contributed by atoms with E-state index in [1.54, 1.807) is 62.5 Å². The molecule has 12 nitrogen and oxygen atoms in total. The van der Waals surface area contributed by atoms with Gasteiger partial charge in [-0.3, -0.25) is 9.59 Å². The zero-order valence-corrected chi connectivity index (χ0v) is 28.0. The van der Waals surface area contributed by atoms with Crippen LogP contribution in [0.15, 0.2) is 60.8 Å². The molecule has 0 saturated carbocycles. The first-order chi connectivity index (χ1) is 23.9. The van der Waals surface area contributed by atoms with E-state index in [0.29, 0.717) is 60.9 Å². The molecule has 0 radical (unpaired) electrons. The molecule has 2 aliphatic rings. The Morgan fingerprint density at radius 3 is 2.44 bits per heavy atom. The predicted molar refractivity (Wildman–Crippen MR) is 180 cm³/mol. The molecule has 15 heteroatoms. The number of nitrogens with two attached hydrogens (primary N) is 1. The summed E-state index contributed by atoms with van der Waals surface area (Å²) in [7, 11) is 1.53. The van der Waals surface area contributed by atoms with Crippen LogP contribution in [0.5, 0.6) is 5.88 Å². The Balaban J connectivity index is 1.27. The normalized spacial score (nSPS) is 17.8. The van der Waals surface area contributed by atoms with Crippen LogP contribution in [0.25, 0.3) is 16.8 Å². The fourth-order valence-electron chi connectivity index (χ4n) is 6.65. The fraction of sp³-hybridized carbons (Fsp3) is 0.400. The van der Waals surface area contributed by atoms with Crippen LogP contribution in [0.1, 0.15) is 53.9 Å². The Bertz CT molecular complexity index is 1860. The number of aromatic nitrogens is 4. The van der Waals surface area contributed by atoms with Gasteiger partial charge in [0.25, 0.3) is 5.91 Å². The predicted octanol–water partition coefficient (Wildman–Crippen LogP) is 4.77. The van der Waals surface area contributed by atoms with Crippen molar-refractivity contribution in [1.29, 1.82) is 0 Å². The van der Waals surface area contributed by atoms with Gasteiger partial charge in [-0.05, 0) is 73.9 Å². The average Bonchev–Trinajstić information content (AvgIpc) is 3.73. The number of carbonyl (C=O) groups excluding carboxylic acids is 2. The summed E-state index contributed by atoms with van der Waals surface area (Å²) in [6.07, 6.45) is -3.55. The molecule has 0 unspecified atom stereocenters. The molecule has 4 heterocycles. The van der Waals surface area contributed by atoms with Crippen molar-refractivity contribution in [2.45, 2.75) is 51.4 Å². The smallest absolute Gasteiger partial charge is 0.429 e. The van der Waals surface area contributed by atoms with Gasteiger partial charge < -0.3 is 30.7 Å². The number of halogens is 3. The maximum Gasteiger partial charge on any atom is 0.429 e. The Morgan fingerprint density at radius 2 is 1.80 bits per heavy atom. The third kappa shape index (κ3) is 7.37. The Morgan fingerprint density at radius 1 is 1.08 bits per heavy atom. The van der Waals surface area contributed by atoms with Gasteiger partial charge in [0.2, 0.25) is 17.9 Å². The number of nitrogen functional groups attached to an aromatic ring is 1. The van der Waals surface area contributed by atoms with Crippen LogP contribution in [-0.2, 0) is 9.53 Å². The first-order valence-corrected chi connectivity index (χ1v) is 16.4. The summed E-state index contributed by atoms with van der Waals surface area (Å²) < 4.78 is 57.0. The minimum Gasteiger partial charge on any atom is -0.465 e. The first-order valence-electron chi connectivity index (χ1n) is 16.4. The molecule has 4 N–H and O–H groups in total. The fourth-order valence-corrected chi connectivity index (χ4v) is 6.65. The topological polar surface area (TPSA) is 150 Å². The molecule has 1 amide bonds. The molecule has 2 atom stereocenters. The summed E-state index contributed by atoms with van der Waals surface area (Å²) in [5, 5.41) is 10.2. The quantitative estimate of drug-likeness (QED) is 0.210. The first kappa shape index (κ1) is 34.7. The molecule has 2 aliphatic heterocycles. The number of nitrogens with zero attached hydrogens (tertiary/aromatic N) is 5. The lowest BCUT2D eigenvalue weighted by Crippen LogP contribution is -2.41. The molecule has 2 aromatic heterocycles. The summed E-state index contributed by atoms with van der Waals surface area (Å²) in [5.74, 6) is -0.695. The van der Waals surface area contributed by atoms with Crippen molar-refractivity contribution in [3.8, 4) is 22.7 Å². The number of ether oxygens (including phenoxy) is 2. The van der Waals surface area contributed by atoms with Crippen molar-refractivity contribution in [2.75, 3.05) is 43.9 Å². The van der Waals surface area contributed by atoms with E-state index in [9.17, 15) is 22.8 Å². The minimum atomic E-state index is -4.85. The van der Waals surface area contributed by atoms with Gasteiger partial charge in [0, 0.05) is 50.1 Å². The van der Waals surface area contributed by atoms with E-state index in [0.717, 1.165) is 12.8 Å². The molecule has 6 rings (SSSR count). The number of aryl methyl sites for hydroxylation is 1. The Kier molecular flexibility index (Phi) is 9.69. The number of hydrogen-bond donors (Lipinski definition) is 3. The number of hydrogen-bond acceptors (Lipinski definition) is 10. The lowest BCUT2D eigenvalue weighted by molar-refractivity contribution is -0.198. The van der Waals surface area contributed by atoms with Crippen LogP contribution in [0, 0.1) is 12.3 Å². The van der Waals surface area contributed by atoms with Crippen LogP contribution in [0.3, 0.4) is 0 Å². The number of alkyl halides is 3.